The second-order valence-corrected chi connectivity index (χ2v) is 6.69. The third kappa shape index (κ3) is 2.92. The Morgan fingerprint density at radius 2 is 2.00 bits per heavy atom. The van der Waals surface area contributed by atoms with Gasteiger partial charge in [-0.2, -0.15) is 0 Å². The summed E-state index contributed by atoms with van der Waals surface area (Å²) < 4.78 is 14.4. The molecule has 0 heterocycles. The van der Waals surface area contributed by atoms with Crippen LogP contribution in [-0.2, 0) is 0 Å². The van der Waals surface area contributed by atoms with Crippen molar-refractivity contribution in [2.24, 2.45) is 0 Å². The molecule has 1 fully saturated rings. The Bertz CT molecular complexity index is 559. The average Bonchev–Trinajstić information content (AvgIpc) is 2.35. The number of aromatic carboxylic acids is 1. The molecule has 0 aliphatic heterocycles. The zero-order valence-electron chi connectivity index (χ0n) is 12.5. The Hall–Kier alpha value is -1.14. The first-order valence-electron chi connectivity index (χ1n) is 6.88. The molecule has 0 unspecified atom stereocenters. The van der Waals surface area contributed by atoms with Gasteiger partial charge in [-0.05, 0) is 61.4 Å². The lowest BCUT2D eigenvalue weighted by Crippen LogP contribution is -2.56. The first-order valence-corrected chi connectivity index (χ1v) is 7.68. The van der Waals surface area contributed by atoms with Crippen LogP contribution < -0.4 is 4.90 Å². The van der Waals surface area contributed by atoms with Gasteiger partial charge in [-0.15, -0.1) is 0 Å². The summed E-state index contributed by atoms with van der Waals surface area (Å²) in [4.78, 5) is 15.1. The molecular weight excluding hydrogens is 339 g/mol. The van der Waals surface area contributed by atoms with Gasteiger partial charge in [0.25, 0.3) is 0 Å². The van der Waals surface area contributed by atoms with Gasteiger partial charge in [-0.1, -0.05) is 0 Å². The van der Waals surface area contributed by atoms with E-state index in [0.29, 0.717) is 5.69 Å². The van der Waals surface area contributed by atoms with Crippen molar-refractivity contribution in [3.63, 3.8) is 0 Å². The van der Waals surface area contributed by atoms with Crippen LogP contribution in [0, 0.1) is 5.82 Å². The molecule has 4 nitrogen and oxygen atoms in total. The Balaban J connectivity index is 2.26. The second-order valence-electron chi connectivity index (χ2n) is 5.89. The number of carboxylic acids is 1. The highest BCUT2D eigenvalue weighted by Crippen LogP contribution is 2.38. The van der Waals surface area contributed by atoms with Crippen molar-refractivity contribution in [3.05, 3.63) is 28.0 Å². The fourth-order valence-electron chi connectivity index (χ4n) is 2.86. The molecule has 0 radical (unpaired) electrons. The molecule has 1 aliphatic rings. The van der Waals surface area contributed by atoms with Gasteiger partial charge in [0, 0.05) is 19.1 Å². The molecule has 21 heavy (non-hydrogen) atoms. The summed E-state index contributed by atoms with van der Waals surface area (Å²) in [5, 5.41) is 9.01. The SMILES string of the molecule is CN(CC1(N(C)C)CCC1)c1ccc(C(=O)O)c(Br)c1F. The summed E-state index contributed by atoms with van der Waals surface area (Å²) in [6, 6.07) is 2.97. The smallest absolute Gasteiger partial charge is 0.336 e. The lowest BCUT2D eigenvalue weighted by atomic mass is 9.75. The fraction of sp³-hybridized carbons (Fsp3) is 0.533. The molecule has 1 aromatic carbocycles. The zero-order chi connectivity index (χ0) is 15.8. The number of carboxylic acid groups (broad SMARTS) is 1. The van der Waals surface area contributed by atoms with Crippen LogP contribution in [0.25, 0.3) is 0 Å². The van der Waals surface area contributed by atoms with Gasteiger partial charge >= 0.3 is 5.97 Å². The van der Waals surface area contributed by atoms with Crippen molar-refractivity contribution < 1.29 is 14.3 Å². The number of carbonyl (C=O) groups is 1. The van der Waals surface area contributed by atoms with Crippen molar-refractivity contribution in [3.8, 4) is 0 Å². The highest BCUT2D eigenvalue weighted by molar-refractivity contribution is 9.10. The highest BCUT2D eigenvalue weighted by atomic mass is 79.9. The van der Waals surface area contributed by atoms with Gasteiger partial charge in [0.2, 0.25) is 0 Å². The Morgan fingerprint density at radius 3 is 2.43 bits per heavy atom. The van der Waals surface area contributed by atoms with Crippen molar-refractivity contribution in [1.82, 2.24) is 4.90 Å². The van der Waals surface area contributed by atoms with Crippen LogP contribution in [0.1, 0.15) is 29.6 Å². The maximum atomic E-state index is 14.4. The summed E-state index contributed by atoms with van der Waals surface area (Å²) >= 11 is 3.05. The molecule has 1 saturated carbocycles. The third-order valence-electron chi connectivity index (χ3n) is 4.47. The van der Waals surface area contributed by atoms with E-state index in [1.807, 2.05) is 26.0 Å². The van der Waals surface area contributed by atoms with Crippen molar-refractivity contribution in [1.29, 1.82) is 0 Å². The number of benzene rings is 1. The standard InChI is InChI=1S/C15H20BrFN2O2/c1-18(2)15(7-4-8-15)9-19(3)11-6-5-10(14(20)21)12(16)13(11)17/h5-6H,4,7-9H2,1-3H3,(H,20,21). The molecule has 1 aliphatic carbocycles. The molecule has 1 aromatic rings. The summed E-state index contributed by atoms with van der Waals surface area (Å²) in [5.41, 5.74) is 0.440. The number of hydrogen-bond donors (Lipinski definition) is 1. The number of likely N-dealkylation sites (N-methyl/N-ethyl adjacent to an activating group) is 2. The van der Waals surface area contributed by atoms with E-state index < -0.39 is 11.8 Å². The van der Waals surface area contributed by atoms with E-state index in [1.165, 1.54) is 18.6 Å². The minimum atomic E-state index is -1.14. The molecule has 0 amide bonds. The molecule has 2 rings (SSSR count). The molecule has 0 saturated heterocycles. The van der Waals surface area contributed by atoms with Crippen LogP contribution in [0.2, 0.25) is 0 Å². The van der Waals surface area contributed by atoms with Crippen LogP contribution >= 0.6 is 15.9 Å². The predicted molar refractivity (Wildman–Crippen MR) is 84.6 cm³/mol. The van der Waals surface area contributed by atoms with Crippen molar-refractivity contribution in [2.45, 2.75) is 24.8 Å². The molecule has 0 spiro atoms. The Kier molecular flexibility index (Phi) is 4.58. The summed E-state index contributed by atoms with van der Waals surface area (Å²) in [6.45, 7) is 0.718. The van der Waals surface area contributed by atoms with Gasteiger partial charge in [0.05, 0.1) is 15.7 Å². The monoisotopic (exact) mass is 358 g/mol. The summed E-state index contributed by atoms with van der Waals surface area (Å²) in [7, 11) is 5.94. The zero-order valence-corrected chi connectivity index (χ0v) is 14.1. The first-order chi connectivity index (χ1) is 9.78. The lowest BCUT2D eigenvalue weighted by molar-refractivity contribution is 0.0680. The van der Waals surface area contributed by atoms with E-state index in [4.69, 9.17) is 5.11 Å². The van der Waals surface area contributed by atoms with Crippen LogP contribution in [0.15, 0.2) is 16.6 Å². The van der Waals surface area contributed by atoms with Gasteiger partial charge in [0.1, 0.15) is 0 Å². The summed E-state index contributed by atoms with van der Waals surface area (Å²) in [5.74, 6) is -1.66. The van der Waals surface area contributed by atoms with Crippen LogP contribution in [0.5, 0.6) is 0 Å². The Morgan fingerprint density at radius 1 is 1.38 bits per heavy atom. The third-order valence-corrected chi connectivity index (χ3v) is 5.24. The number of hydrogen-bond acceptors (Lipinski definition) is 3. The number of nitrogens with zero attached hydrogens (tertiary/aromatic N) is 2. The number of rotatable bonds is 5. The van der Waals surface area contributed by atoms with E-state index in [1.54, 1.807) is 0 Å². The normalized spacial score (nSPS) is 16.7. The molecule has 0 aromatic heterocycles. The average molecular weight is 359 g/mol. The topological polar surface area (TPSA) is 43.8 Å². The van der Waals surface area contributed by atoms with Gasteiger partial charge < -0.3 is 14.9 Å². The quantitative estimate of drug-likeness (QED) is 0.877. The van der Waals surface area contributed by atoms with E-state index in [0.717, 1.165) is 19.4 Å². The van der Waals surface area contributed by atoms with E-state index >= 15 is 0 Å². The van der Waals surface area contributed by atoms with Crippen molar-refractivity contribution in [2.75, 3.05) is 32.6 Å². The largest absolute Gasteiger partial charge is 0.478 e. The fourth-order valence-corrected chi connectivity index (χ4v) is 3.36. The molecule has 6 heteroatoms. The van der Waals surface area contributed by atoms with E-state index in [-0.39, 0.29) is 15.6 Å². The van der Waals surface area contributed by atoms with Gasteiger partial charge in [-0.25, -0.2) is 9.18 Å². The predicted octanol–water partition coefficient (Wildman–Crippen LogP) is 3.21. The maximum Gasteiger partial charge on any atom is 0.336 e. The highest BCUT2D eigenvalue weighted by Gasteiger charge is 2.40. The van der Waals surface area contributed by atoms with E-state index in [2.05, 4.69) is 20.8 Å². The van der Waals surface area contributed by atoms with Crippen LogP contribution in [0.3, 0.4) is 0 Å². The van der Waals surface area contributed by atoms with Gasteiger partial charge in [-0.3, -0.25) is 0 Å². The van der Waals surface area contributed by atoms with E-state index in [9.17, 15) is 9.18 Å². The first kappa shape index (κ1) is 16.2. The molecule has 0 bridgehead atoms. The second kappa shape index (κ2) is 5.93. The molecule has 116 valence electrons. The van der Waals surface area contributed by atoms with Crippen LogP contribution in [-0.4, -0.2) is 49.2 Å². The number of halogens is 2. The molecule has 1 N–H and O–H groups in total. The van der Waals surface area contributed by atoms with Gasteiger partial charge in [0.15, 0.2) is 5.82 Å². The Labute approximate surface area is 132 Å². The van der Waals surface area contributed by atoms with Crippen LogP contribution in [0.4, 0.5) is 10.1 Å². The van der Waals surface area contributed by atoms with Crippen molar-refractivity contribution >= 4 is 27.6 Å². The number of anilines is 1. The minimum absolute atomic E-state index is 0.00635. The summed E-state index contributed by atoms with van der Waals surface area (Å²) in [6.07, 6.45) is 3.39. The molecule has 0 atom stereocenters. The maximum absolute atomic E-state index is 14.4. The lowest BCUT2D eigenvalue weighted by Gasteiger charge is -2.49. The minimum Gasteiger partial charge on any atom is -0.478 e. The molecular formula is C15H20BrFN2O2.